The minimum Gasteiger partial charge on any atom is -0.444 e. The molecule has 1 saturated heterocycles. The van der Waals surface area contributed by atoms with Crippen molar-refractivity contribution in [3.05, 3.63) is 0 Å². The van der Waals surface area contributed by atoms with E-state index in [1.54, 1.807) is 0 Å². The summed E-state index contributed by atoms with van der Waals surface area (Å²) < 4.78 is 5.52. The number of carbonyl (C=O) groups excluding carboxylic acids is 1. The van der Waals surface area contributed by atoms with Crippen LogP contribution in [0.1, 0.15) is 47.5 Å². The van der Waals surface area contributed by atoms with Gasteiger partial charge < -0.3 is 9.84 Å². The number of aliphatic hydroxyl groups excluding tert-OH is 1. The summed E-state index contributed by atoms with van der Waals surface area (Å²) >= 11 is 0. The van der Waals surface area contributed by atoms with E-state index in [0.29, 0.717) is 6.54 Å². The Bertz CT molecular complexity index is 383. The fourth-order valence-corrected chi connectivity index (χ4v) is 2.77. The van der Waals surface area contributed by atoms with E-state index in [9.17, 15) is 9.90 Å². The molecule has 0 atom stereocenters. The Morgan fingerprint density at radius 3 is 2.25 bits per heavy atom. The Morgan fingerprint density at radius 1 is 1.20 bits per heavy atom. The van der Waals surface area contributed by atoms with Crippen LogP contribution in [-0.4, -0.2) is 63.9 Å². The number of rotatable bonds is 2. The maximum absolute atomic E-state index is 12.3. The summed E-state index contributed by atoms with van der Waals surface area (Å²) in [5, 5.41) is 9.52. The van der Waals surface area contributed by atoms with E-state index in [1.807, 2.05) is 39.5 Å². The lowest BCUT2D eigenvalue weighted by Crippen LogP contribution is -2.63. The lowest BCUT2D eigenvalue weighted by molar-refractivity contribution is -0.0359. The number of aliphatic hydroxyl groups is 1. The predicted octanol–water partition coefficient (Wildman–Crippen LogP) is 1.84. The number of amides is 1. The molecule has 2 aliphatic rings. The van der Waals surface area contributed by atoms with E-state index in [4.69, 9.17) is 4.74 Å². The molecule has 1 spiro atoms. The van der Waals surface area contributed by atoms with Crippen molar-refractivity contribution in [3.8, 4) is 0 Å². The highest BCUT2D eigenvalue weighted by Crippen LogP contribution is 2.46. The van der Waals surface area contributed by atoms with Gasteiger partial charge in [0.2, 0.25) is 0 Å². The van der Waals surface area contributed by atoms with Gasteiger partial charge in [-0.25, -0.2) is 4.79 Å². The largest absolute Gasteiger partial charge is 0.444 e. The van der Waals surface area contributed by atoms with E-state index in [2.05, 4.69) is 4.90 Å². The third-order valence-corrected chi connectivity index (χ3v) is 4.34. The monoisotopic (exact) mass is 284 g/mol. The number of hydrogen-bond donors (Lipinski definition) is 1. The number of carbonyl (C=O) groups is 1. The zero-order valence-corrected chi connectivity index (χ0v) is 13.4. The normalized spacial score (nSPS) is 23.0. The van der Waals surface area contributed by atoms with Crippen molar-refractivity contribution in [2.24, 2.45) is 0 Å². The fourth-order valence-electron chi connectivity index (χ4n) is 2.77. The Hall–Kier alpha value is -0.810. The first-order chi connectivity index (χ1) is 9.10. The molecule has 1 saturated carbocycles. The van der Waals surface area contributed by atoms with Gasteiger partial charge in [0.25, 0.3) is 0 Å². The molecule has 0 unspecified atom stereocenters. The van der Waals surface area contributed by atoms with Gasteiger partial charge in [-0.2, -0.15) is 0 Å². The maximum atomic E-state index is 12.3. The van der Waals surface area contributed by atoms with E-state index in [0.717, 1.165) is 25.9 Å². The van der Waals surface area contributed by atoms with Crippen LogP contribution >= 0.6 is 0 Å². The zero-order valence-electron chi connectivity index (χ0n) is 13.4. The van der Waals surface area contributed by atoms with Gasteiger partial charge in [-0.05, 0) is 47.5 Å². The van der Waals surface area contributed by atoms with Crippen molar-refractivity contribution < 1.29 is 14.6 Å². The predicted molar refractivity (Wildman–Crippen MR) is 77.6 cm³/mol. The summed E-state index contributed by atoms with van der Waals surface area (Å²) in [4.78, 5) is 16.5. The summed E-state index contributed by atoms with van der Waals surface area (Å²) in [7, 11) is 0. The summed E-state index contributed by atoms with van der Waals surface area (Å²) in [6, 6.07) is 0. The van der Waals surface area contributed by atoms with Crippen LogP contribution in [0.25, 0.3) is 0 Å². The Balaban J connectivity index is 2.05. The second kappa shape index (κ2) is 4.88. The second-order valence-corrected chi connectivity index (χ2v) is 7.75. The molecule has 20 heavy (non-hydrogen) atoms. The highest BCUT2D eigenvalue weighted by atomic mass is 16.6. The Labute approximate surface area is 121 Å². The maximum Gasteiger partial charge on any atom is 0.410 e. The van der Waals surface area contributed by atoms with Crippen LogP contribution < -0.4 is 0 Å². The average Bonchev–Trinajstić information content (AvgIpc) is 3.06. The fraction of sp³-hybridized carbons (Fsp3) is 0.933. The molecule has 0 bridgehead atoms. The Morgan fingerprint density at radius 2 is 1.80 bits per heavy atom. The third-order valence-electron chi connectivity index (χ3n) is 4.34. The minimum absolute atomic E-state index is 0.0625. The molecule has 1 aliphatic carbocycles. The van der Waals surface area contributed by atoms with Crippen LogP contribution in [0.4, 0.5) is 4.79 Å². The smallest absolute Gasteiger partial charge is 0.410 e. The van der Waals surface area contributed by atoms with Crippen LogP contribution in [0.3, 0.4) is 0 Å². The van der Waals surface area contributed by atoms with Crippen molar-refractivity contribution >= 4 is 6.09 Å². The molecule has 5 heteroatoms. The average molecular weight is 284 g/mol. The number of hydrogen-bond acceptors (Lipinski definition) is 4. The molecule has 0 aromatic rings. The molecular weight excluding hydrogens is 256 g/mol. The molecule has 2 rings (SSSR count). The van der Waals surface area contributed by atoms with Crippen molar-refractivity contribution in [2.75, 3.05) is 26.2 Å². The van der Waals surface area contributed by atoms with Crippen molar-refractivity contribution in [3.63, 3.8) is 0 Å². The van der Waals surface area contributed by atoms with Gasteiger partial charge in [0.1, 0.15) is 5.60 Å². The molecular formula is C15H28N2O3. The summed E-state index contributed by atoms with van der Waals surface area (Å²) in [6.45, 7) is 12.2. The highest BCUT2D eigenvalue weighted by molar-refractivity contribution is 5.70. The molecule has 0 aromatic heterocycles. The number of ether oxygens (including phenoxy) is 1. The minimum atomic E-state index is -0.450. The van der Waals surface area contributed by atoms with E-state index in [1.165, 1.54) is 0 Å². The molecule has 5 nitrogen and oxygen atoms in total. The third kappa shape index (κ3) is 3.09. The van der Waals surface area contributed by atoms with Crippen LogP contribution in [0, 0.1) is 0 Å². The molecule has 1 aliphatic heterocycles. The number of piperazine rings is 1. The Kier molecular flexibility index (Phi) is 3.80. The zero-order chi connectivity index (χ0) is 15.2. The first-order valence-electron chi connectivity index (χ1n) is 7.46. The van der Waals surface area contributed by atoms with Crippen LogP contribution in [0.2, 0.25) is 0 Å². The molecule has 1 heterocycles. The van der Waals surface area contributed by atoms with Gasteiger partial charge in [-0.15, -0.1) is 0 Å². The lowest BCUT2D eigenvalue weighted by atomic mass is 10.00. The quantitative estimate of drug-likeness (QED) is 0.840. The molecule has 0 aromatic carbocycles. The summed E-state index contributed by atoms with van der Waals surface area (Å²) in [6.07, 6.45) is 1.87. The van der Waals surface area contributed by atoms with Crippen LogP contribution in [0.5, 0.6) is 0 Å². The van der Waals surface area contributed by atoms with E-state index in [-0.39, 0.29) is 23.8 Å². The van der Waals surface area contributed by atoms with Gasteiger partial charge in [-0.3, -0.25) is 9.80 Å². The van der Waals surface area contributed by atoms with Gasteiger partial charge in [0, 0.05) is 25.2 Å². The second-order valence-electron chi connectivity index (χ2n) is 7.75. The van der Waals surface area contributed by atoms with Gasteiger partial charge in [0.15, 0.2) is 0 Å². The van der Waals surface area contributed by atoms with Gasteiger partial charge in [-0.1, -0.05) is 0 Å². The molecule has 1 N–H and O–H groups in total. The topological polar surface area (TPSA) is 53.0 Å². The van der Waals surface area contributed by atoms with E-state index >= 15 is 0 Å². The van der Waals surface area contributed by atoms with Gasteiger partial charge >= 0.3 is 6.09 Å². The molecule has 2 fully saturated rings. The van der Waals surface area contributed by atoms with Crippen LogP contribution in [-0.2, 0) is 4.74 Å². The van der Waals surface area contributed by atoms with Crippen molar-refractivity contribution in [1.82, 2.24) is 9.80 Å². The number of nitrogens with zero attached hydrogens (tertiary/aromatic N) is 2. The van der Waals surface area contributed by atoms with E-state index < -0.39 is 5.60 Å². The molecule has 1 amide bonds. The lowest BCUT2D eigenvalue weighted by Gasteiger charge is -2.48. The summed E-state index contributed by atoms with van der Waals surface area (Å²) in [5.41, 5.74) is -0.739. The first-order valence-corrected chi connectivity index (χ1v) is 7.46. The standard InChI is InChI=1S/C15H28N2O3/c1-13(2,3)20-12(19)17-9-8-16(14(4,5)11-18)10-15(17)6-7-15/h18H,6-11H2,1-5H3. The van der Waals surface area contributed by atoms with Crippen LogP contribution in [0.15, 0.2) is 0 Å². The molecule has 0 radical (unpaired) electrons. The SMILES string of the molecule is CC(C)(C)OC(=O)N1CCN(C(C)(C)CO)CC12CC2. The van der Waals surface area contributed by atoms with Gasteiger partial charge in [0.05, 0.1) is 12.1 Å². The summed E-state index contributed by atoms with van der Waals surface area (Å²) in [5.74, 6) is 0. The van der Waals surface area contributed by atoms with Crippen molar-refractivity contribution in [2.45, 2.75) is 64.1 Å². The van der Waals surface area contributed by atoms with Crippen molar-refractivity contribution in [1.29, 1.82) is 0 Å². The highest BCUT2D eigenvalue weighted by Gasteiger charge is 2.55. The first kappa shape index (κ1) is 15.6. The molecule has 116 valence electrons.